The van der Waals surface area contributed by atoms with E-state index in [4.69, 9.17) is 0 Å². The van der Waals surface area contributed by atoms with Crippen molar-refractivity contribution in [3.05, 3.63) is 12.4 Å². The third kappa shape index (κ3) is 3.85. The van der Waals surface area contributed by atoms with Crippen LogP contribution in [0.25, 0.3) is 0 Å². The molecule has 0 amide bonds. The molecule has 1 aliphatic carbocycles. The van der Waals surface area contributed by atoms with Crippen LogP contribution in [0.2, 0.25) is 0 Å². The van der Waals surface area contributed by atoms with E-state index in [0.717, 1.165) is 18.2 Å². The van der Waals surface area contributed by atoms with E-state index in [-0.39, 0.29) is 5.54 Å². The Bertz CT molecular complexity index is 373. The molecule has 1 aromatic heterocycles. The summed E-state index contributed by atoms with van der Waals surface area (Å²) in [7, 11) is 1.96. The van der Waals surface area contributed by atoms with E-state index in [1.807, 2.05) is 13.1 Å². The van der Waals surface area contributed by atoms with E-state index in [1.54, 1.807) is 6.33 Å². The van der Waals surface area contributed by atoms with Crippen molar-refractivity contribution >= 4 is 11.6 Å². The Balaban J connectivity index is 1.91. The average Bonchev–Trinajstić information content (AvgIpc) is 3.11. The van der Waals surface area contributed by atoms with E-state index >= 15 is 0 Å². The Morgan fingerprint density at radius 1 is 1.29 bits per heavy atom. The van der Waals surface area contributed by atoms with Crippen molar-refractivity contribution in [1.82, 2.24) is 15.3 Å². The first-order valence-electron chi connectivity index (χ1n) is 6.10. The van der Waals surface area contributed by atoms with E-state index in [0.29, 0.717) is 6.04 Å². The molecular weight excluding hydrogens is 214 g/mol. The van der Waals surface area contributed by atoms with Gasteiger partial charge in [-0.3, -0.25) is 0 Å². The Morgan fingerprint density at radius 3 is 2.65 bits per heavy atom. The maximum absolute atomic E-state index is 4.21. The molecule has 0 spiro atoms. The van der Waals surface area contributed by atoms with Crippen LogP contribution in [0.4, 0.5) is 11.6 Å². The number of likely N-dealkylation sites (N-methyl/N-ethyl adjacent to an activating group) is 1. The molecule has 5 nitrogen and oxygen atoms in total. The minimum atomic E-state index is 0.0506. The Morgan fingerprint density at radius 2 is 2.00 bits per heavy atom. The van der Waals surface area contributed by atoms with Crippen molar-refractivity contribution in [1.29, 1.82) is 0 Å². The second kappa shape index (κ2) is 4.87. The minimum Gasteiger partial charge on any atom is -0.368 e. The van der Waals surface area contributed by atoms with Gasteiger partial charge in [-0.05, 0) is 33.7 Å². The van der Waals surface area contributed by atoms with Crippen molar-refractivity contribution in [2.45, 2.75) is 38.3 Å². The van der Waals surface area contributed by atoms with Gasteiger partial charge < -0.3 is 16.0 Å². The summed E-state index contributed by atoms with van der Waals surface area (Å²) in [5.74, 6) is 1.78. The monoisotopic (exact) mass is 235 g/mol. The van der Waals surface area contributed by atoms with Gasteiger partial charge in [-0.1, -0.05) is 0 Å². The lowest BCUT2D eigenvalue weighted by Gasteiger charge is -2.24. The van der Waals surface area contributed by atoms with Crippen LogP contribution >= 0.6 is 0 Å². The molecule has 1 heterocycles. The van der Waals surface area contributed by atoms with Crippen LogP contribution in [0.3, 0.4) is 0 Å². The number of rotatable bonds is 6. The van der Waals surface area contributed by atoms with E-state index in [9.17, 15) is 0 Å². The number of hydrogen-bond donors (Lipinski definition) is 3. The minimum absolute atomic E-state index is 0.0506. The zero-order chi connectivity index (χ0) is 12.3. The molecule has 0 atom stereocenters. The van der Waals surface area contributed by atoms with Gasteiger partial charge in [0.2, 0.25) is 0 Å². The normalized spacial score (nSPS) is 15.7. The second-order valence-corrected chi connectivity index (χ2v) is 5.19. The van der Waals surface area contributed by atoms with Gasteiger partial charge >= 0.3 is 0 Å². The molecule has 0 aliphatic heterocycles. The summed E-state index contributed by atoms with van der Waals surface area (Å²) in [6.07, 6.45) is 4.10. The van der Waals surface area contributed by atoms with Gasteiger partial charge in [0.15, 0.2) is 0 Å². The summed E-state index contributed by atoms with van der Waals surface area (Å²) in [6, 6.07) is 2.58. The summed E-state index contributed by atoms with van der Waals surface area (Å²) in [5.41, 5.74) is 0.0506. The van der Waals surface area contributed by atoms with Gasteiger partial charge in [0.1, 0.15) is 18.0 Å². The fourth-order valence-electron chi connectivity index (χ4n) is 1.37. The maximum atomic E-state index is 4.21. The quantitative estimate of drug-likeness (QED) is 0.697. The molecule has 0 radical (unpaired) electrons. The predicted octanol–water partition coefficient (Wildman–Crippen LogP) is 1.46. The van der Waals surface area contributed by atoms with E-state index in [2.05, 4.69) is 39.8 Å². The van der Waals surface area contributed by atoms with Crippen molar-refractivity contribution < 1.29 is 0 Å². The fourth-order valence-corrected chi connectivity index (χ4v) is 1.37. The third-order valence-electron chi connectivity index (χ3n) is 2.98. The van der Waals surface area contributed by atoms with Gasteiger partial charge in [0.25, 0.3) is 0 Å². The zero-order valence-electron chi connectivity index (χ0n) is 10.7. The summed E-state index contributed by atoms with van der Waals surface area (Å²) < 4.78 is 0. The fraction of sp³-hybridized carbons (Fsp3) is 0.667. The van der Waals surface area contributed by atoms with Crippen LogP contribution in [-0.2, 0) is 0 Å². The van der Waals surface area contributed by atoms with Gasteiger partial charge in [-0.25, -0.2) is 9.97 Å². The molecular formula is C12H21N5. The molecule has 5 heteroatoms. The van der Waals surface area contributed by atoms with Crippen LogP contribution in [0.5, 0.6) is 0 Å². The van der Waals surface area contributed by atoms with E-state index in [1.165, 1.54) is 12.8 Å². The van der Waals surface area contributed by atoms with Gasteiger partial charge in [-0.15, -0.1) is 0 Å². The van der Waals surface area contributed by atoms with Gasteiger partial charge in [0, 0.05) is 24.2 Å². The molecule has 17 heavy (non-hydrogen) atoms. The van der Waals surface area contributed by atoms with Crippen molar-refractivity contribution in [2.24, 2.45) is 0 Å². The van der Waals surface area contributed by atoms with Crippen LogP contribution in [0.1, 0.15) is 26.7 Å². The smallest absolute Gasteiger partial charge is 0.131 e. The highest BCUT2D eigenvalue weighted by molar-refractivity contribution is 5.47. The molecule has 2 rings (SSSR count). The Labute approximate surface area is 102 Å². The number of nitrogens with one attached hydrogen (secondary N) is 3. The Kier molecular flexibility index (Phi) is 3.47. The van der Waals surface area contributed by atoms with Crippen LogP contribution in [0, 0.1) is 0 Å². The highest BCUT2D eigenvalue weighted by Gasteiger charge is 2.21. The highest BCUT2D eigenvalue weighted by atomic mass is 15.1. The molecule has 1 aromatic rings. The number of hydrogen-bond acceptors (Lipinski definition) is 5. The van der Waals surface area contributed by atoms with Crippen LogP contribution in [-0.4, -0.2) is 35.1 Å². The lowest BCUT2D eigenvalue weighted by atomic mass is 10.1. The number of aromatic nitrogens is 2. The molecule has 1 aliphatic rings. The lowest BCUT2D eigenvalue weighted by molar-refractivity contribution is 0.447. The van der Waals surface area contributed by atoms with Crippen molar-refractivity contribution in [3.8, 4) is 0 Å². The SMILES string of the molecule is CNC(C)(C)CNc1cc(NC2CC2)ncn1. The summed E-state index contributed by atoms with van der Waals surface area (Å²) in [4.78, 5) is 8.42. The van der Waals surface area contributed by atoms with Crippen molar-refractivity contribution in [3.63, 3.8) is 0 Å². The molecule has 0 unspecified atom stereocenters. The predicted molar refractivity (Wildman–Crippen MR) is 70.3 cm³/mol. The van der Waals surface area contributed by atoms with E-state index < -0.39 is 0 Å². The van der Waals surface area contributed by atoms with Crippen LogP contribution in [0.15, 0.2) is 12.4 Å². The average molecular weight is 235 g/mol. The zero-order valence-corrected chi connectivity index (χ0v) is 10.7. The molecule has 0 saturated heterocycles. The first-order valence-corrected chi connectivity index (χ1v) is 6.10. The number of nitrogens with zero attached hydrogens (tertiary/aromatic N) is 2. The highest BCUT2D eigenvalue weighted by Crippen LogP contribution is 2.24. The van der Waals surface area contributed by atoms with Crippen molar-refractivity contribution in [2.75, 3.05) is 24.2 Å². The molecule has 94 valence electrons. The third-order valence-corrected chi connectivity index (χ3v) is 2.98. The summed E-state index contributed by atoms with van der Waals surface area (Å²) in [5, 5.41) is 9.92. The molecule has 0 bridgehead atoms. The molecule has 1 fully saturated rings. The lowest BCUT2D eigenvalue weighted by Crippen LogP contribution is -2.42. The topological polar surface area (TPSA) is 61.9 Å². The van der Waals surface area contributed by atoms with Gasteiger partial charge in [-0.2, -0.15) is 0 Å². The Hall–Kier alpha value is -1.36. The van der Waals surface area contributed by atoms with Gasteiger partial charge in [0.05, 0.1) is 0 Å². The van der Waals surface area contributed by atoms with Crippen LogP contribution < -0.4 is 16.0 Å². The second-order valence-electron chi connectivity index (χ2n) is 5.19. The summed E-state index contributed by atoms with van der Waals surface area (Å²) >= 11 is 0. The maximum Gasteiger partial charge on any atom is 0.131 e. The standard InChI is InChI=1S/C12H21N5/c1-12(2,13-3)7-14-10-6-11(16-8-15-10)17-9-4-5-9/h6,8-9,13H,4-5,7H2,1-3H3,(H2,14,15,16,17). The number of anilines is 2. The molecule has 3 N–H and O–H groups in total. The first kappa shape index (κ1) is 12.1. The largest absolute Gasteiger partial charge is 0.368 e. The summed E-state index contributed by atoms with van der Waals surface area (Å²) in [6.45, 7) is 5.11. The molecule has 1 saturated carbocycles. The molecule has 0 aromatic carbocycles. The first-order chi connectivity index (χ1) is 8.09.